The molecule has 2 heterocycles. The molecule has 2 nitrogen and oxygen atoms in total. The second kappa shape index (κ2) is 6.88. The number of hydrogen-bond donors (Lipinski definition) is 1. The van der Waals surface area contributed by atoms with E-state index in [0.717, 1.165) is 33.8 Å². The number of thiophene rings is 1. The lowest BCUT2D eigenvalue weighted by Gasteiger charge is -2.06. The standard InChI is InChI=1S/C16H14BrClN2S/c17-14-9-13(21-16(14)18)10-19-8-6-12-4-1-3-11-5-2-7-20-15(11)12/h1-5,7,9,19H,6,8,10H2. The molecule has 0 saturated heterocycles. The predicted octanol–water partition coefficient (Wildman–Crippen LogP) is 5.04. The number of benzene rings is 1. The summed E-state index contributed by atoms with van der Waals surface area (Å²) in [6, 6.07) is 12.5. The van der Waals surface area contributed by atoms with Crippen LogP contribution in [0.3, 0.4) is 0 Å². The average molecular weight is 382 g/mol. The van der Waals surface area contributed by atoms with E-state index in [0.29, 0.717) is 0 Å². The summed E-state index contributed by atoms with van der Waals surface area (Å²) in [4.78, 5) is 5.72. The maximum absolute atomic E-state index is 6.04. The summed E-state index contributed by atoms with van der Waals surface area (Å²) in [5.41, 5.74) is 2.38. The molecular weight excluding hydrogens is 368 g/mol. The van der Waals surface area contributed by atoms with Gasteiger partial charge < -0.3 is 5.32 Å². The Morgan fingerprint density at radius 1 is 1.24 bits per heavy atom. The smallest absolute Gasteiger partial charge is 0.107 e. The van der Waals surface area contributed by atoms with Crippen LogP contribution in [0.2, 0.25) is 4.34 Å². The lowest BCUT2D eigenvalue weighted by atomic mass is 10.1. The number of rotatable bonds is 5. The van der Waals surface area contributed by atoms with E-state index >= 15 is 0 Å². The highest BCUT2D eigenvalue weighted by Crippen LogP contribution is 2.31. The van der Waals surface area contributed by atoms with Gasteiger partial charge in [0.25, 0.3) is 0 Å². The molecule has 0 bridgehead atoms. The van der Waals surface area contributed by atoms with Gasteiger partial charge in [-0.2, -0.15) is 0 Å². The lowest BCUT2D eigenvalue weighted by Crippen LogP contribution is -2.16. The Morgan fingerprint density at radius 2 is 2.10 bits per heavy atom. The van der Waals surface area contributed by atoms with Crippen LogP contribution in [0.1, 0.15) is 10.4 Å². The Hall–Kier alpha value is -0.940. The molecule has 108 valence electrons. The maximum Gasteiger partial charge on any atom is 0.107 e. The van der Waals surface area contributed by atoms with Crippen LogP contribution in [0.15, 0.2) is 47.1 Å². The van der Waals surface area contributed by atoms with Gasteiger partial charge in [-0.05, 0) is 46.6 Å². The van der Waals surface area contributed by atoms with Gasteiger partial charge in [0.15, 0.2) is 0 Å². The molecule has 3 rings (SSSR count). The van der Waals surface area contributed by atoms with Crippen molar-refractivity contribution in [2.45, 2.75) is 13.0 Å². The van der Waals surface area contributed by atoms with E-state index in [4.69, 9.17) is 11.6 Å². The van der Waals surface area contributed by atoms with Gasteiger partial charge in [0.1, 0.15) is 4.34 Å². The molecule has 0 unspecified atom stereocenters. The van der Waals surface area contributed by atoms with Gasteiger partial charge in [0.2, 0.25) is 0 Å². The third-order valence-electron chi connectivity index (χ3n) is 3.28. The lowest BCUT2D eigenvalue weighted by molar-refractivity contribution is 0.695. The molecule has 1 N–H and O–H groups in total. The van der Waals surface area contributed by atoms with Gasteiger partial charge in [-0.1, -0.05) is 35.9 Å². The van der Waals surface area contributed by atoms with Gasteiger partial charge in [-0.15, -0.1) is 11.3 Å². The van der Waals surface area contributed by atoms with E-state index in [1.54, 1.807) is 11.3 Å². The fourth-order valence-electron chi connectivity index (χ4n) is 2.28. The number of nitrogens with zero attached hydrogens (tertiary/aromatic N) is 1. The monoisotopic (exact) mass is 380 g/mol. The molecule has 0 saturated carbocycles. The zero-order valence-corrected chi connectivity index (χ0v) is 14.4. The number of para-hydroxylation sites is 1. The molecule has 0 radical (unpaired) electrons. The van der Waals surface area contributed by atoms with Gasteiger partial charge >= 0.3 is 0 Å². The van der Waals surface area contributed by atoms with E-state index in [1.165, 1.54) is 15.8 Å². The first-order valence-electron chi connectivity index (χ1n) is 6.71. The van der Waals surface area contributed by atoms with Crippen LogP contribution in [0, 0.1) is 0 Å². The molecule has 0 aliphatic carbocycles. The Kier molecular flexibility index (Phi) is 4.91. The number of halogens is 2. The molecule has 21 heavy (non-hydrogen) atoms. The summed E-state index contributed by atoms with van der Waals surface area (Å²) in [6.45, 7) is 1.76. The molecule has 0 spiro atoms. The molecule has 5 heteroatoms. The highest BCUT2D eigenvalue weighted by Gasteiger charge is 2.05. The van der Waals surface area contributed by atoms with Crippen molar-refractivity contribution in [3.63, 3.8) is 0 Å². The third-order valence-corrected chi connectivity index (χ3v) is 5.76. The second-order valence-electron chi connectivity index (χ2n) is 4.75. The SMILES string of the molecule is Clc1sc(CNCCc2cccc3cccnc23)cc1Br. The molecule has 0 aliphatic heterocycles. The Morgan fingerprint density at radius 3 is 2.90 bits per heavy atom. The predicted molar refractivity (Wildman–Crippen MR) is 94.2 cm³/mol. The first-order valence-corrected chi connectivity index (χ1v) is 8.70. The summed E-state index contributed by atoms with van der Waals surface area (Å²) >= 11 is 11.1. The van der Waals surface area contributed by atoms with Crippen molar-refractivity contribution in [2.24, 2.45) is 0 Å². The Labute approximate surface area is 141 Å². The molecule has 0 fully saturated rings. The van der Waals surface area contributed by atoms with Crippen LogP contribution in [-0.4, -0.2) is 11.5 Å². The topological polar surface area (TPSA) is 24.9 Å². The largest absolute Gasteiger partial charge is 0.312 e. The van der Waals surface area contributed by atoms with Crippen LogP contribution in [0.25, 0.3) is 10.9 Å². The first kappa shape index (κ1) is 15.0. The van der Waals surface area contributed by atoms with E-state index in [-0.39, 0.29) is 0 Å². The van der Waals surface area contributed by atoms with Gasteiger partial charge in [0.05, 0.1) is 5.52 Å². The highest BCUT2D eigenvalue weighted by atomic mass is 79.9. The summed E-state index contributed by atoms with van der Waals surface area (Å²) in [6.07, 6.45) is 2.82. The summed E-state index contributed by atoms with van der Waals surface area (Å²) in [7, 11) is 0. The van der Waals surface area contributed by atoms with E-state index in [2.05, 4.69) is 56.6 Å². The molecule has 3 aromatic rings. The first-order chi connectivity index (χ1) is 10.2. The molecule has 0 aliphatic rings. The third kappa shape index (κ3) is 3.64. The number of hydrogen-bond acceptors (Lipinski definition) is 3. The minimum Gasteiger partial charge on any atom is -0.312 e. The number of nitrogens with one attached hydrogen (secondary N) is 1. The van der Waals surface area contributed by atoms with Crippen LogP contribution in [-0.2, 0) is 13.0 Å². The quantitative estimate of drug-likeness (QED) is 0.626. The van der Waals surface area contributed by atoms with Crippen molar-refractivity contribution in [3.8, 4) is 0 Å². The zero-order chi connectivity index (χ0) is 14.7. The van der Waals surface area contributed by atoms with Crippen LogP contribution < -0.4 is 5.32 Å². The van der Waals surface area contributed by atoms with Crippen molar-refractivity contribution in [1.82, 2.24) is 10.3 Å². The molecule has 0 atom stereocenters. The van der Waals surface area contributed by atoms with Gasteiger partial charge in [-0.25, -0.2) is 0 Å². The van der Waals surface area contributed by atoms with Crippen molar-refractivity contribution >= 4 is 49.8 Å². The summed E-state index contributed by atoms with van der Waals surface area (Å²) < 4.78 is 1.79. The van der Waals surface area contributed by atoms with E-state index in [9.17, 15) is 0 Å². The van der Waals surface area contributed by atoms with E-state index in [1.807, 2.05) is 12.3 Å². The van der Waals surface area contributed by atoms with Gasteiger partial charge in [0, 0.05) is 27.5 Å². The fraction of sp³-hybridized carbons (Fsp3) is 0.188. The summed E-state index contributed by atoms with van der Waals surface area (Å²) in [5, 5.41) is 4.66. The average Bonchev–Trinajstić information content (AvgIpc) is 2.82. The fourth-order valence-corrected chi connectivity index (χ4v) is 4.04. The summed E-state index contributed by atoms with van der Waals surface area (Å²) in [5.74, 6) is 0. The highest BCUT2D eigenvalue weighted by molar-refractivity contribution is 9.10. The molecule has 0 amide bonds. The Balaban J connectivity index is 1.59. The minimum atomic E-state index is 0.810. The van der Waals surface area contributed by atoms with Crippen LogP contribution in [0.4, 0.5) is 0 Å². The number of pyridine rings is 1. The second-order valence-corrected chi connectivity index (χ2v) is 7.35. The molecular formula is C16H14BrClN2S. The zero-order valence-electron chi connectivity index (χ0n) is 11.3. The minimum absolute atomic E-state index is 0.810. The molecule has 1 aromatic carbocycles. The number of aromatic nitrogens is 1. The van der Waals surface area contributed by atoms with Crippen LogP contribution in [0.5, 0.6) is 0 Å². The van der Waals surface area contributed by atoms with Crippen LogP contribution >= 0.6 is 38.9 Å². The van der Waals surface area contributed by atoms with Crippen molar-refractivity contribution in [2.75, 3.05) is 6.54 Å². The normalized spacial score (nSPS) is 11.1. The van der Waals surface area contributed by atoms with E-state index < -0.39 is 0 Å². The van der Waals surface area contributed by atoms with Crippen molar-refractivity contribution in [1.29, 1.82) is 0 Å². The van der Waals surface area contributed by atoms with Gasteiger partial charge in [-0.3, -0.25) is 4.98 Å². The maximum atomic E-state index is 6.04. The Bertz CT molecular complexity index is 732. The van der Waals surface area contributed by atoms with Crippen molar-refractivity contribution in [3.05, 3.63) is 61.8 Å². The number of fused-ring (bicyclic) bond motifs is 1. The van der Waals surface area contributed by atoms with Crippen molar-refractivity contribution < 1.29 is 0 Å². The molecule has 2 aromatic heterocycles.